The zero-order chi connectivity index (χ0) is 19.0. The van der Waals surface area contributed by atoms with Gasteiger partial charge in [-0.3, -0.25) is 9.69 Å². The minimum absolute atomic E-state index is 0.0376. The third-order valence-electron chi connectivity index (χ3n) is 7.47. The molecule has 1 heterocycles. The fourth-order valence-corrected chi connectivity index (χ4v) is 5.58. The zero-order valence-corrected chi connectivity index (χ0v) is 16.9. The molecule has 3 aliphatic rings. The predicted octanol–water partition coefficient (Wildman–Crippen LogP) is 3.09. The first-order valence-electron chi connectivity index (χ1n) is 10.8. The SMILES string of the molecule is CC(C)(CNC(=O)C1CC2CCCC(C1)C2N)N1CCc2ccccc2C1. The lowest BCUT2D eigenvalue weighted by molar-refractivity contribution is -0.128. The fourth-order valence-electron chi connectivity index (χ4n) is 5.58. The molecule has 0 spiro atoms. The predicted molar refractivity (Wildman–Crippen MR) is 109 cm³/mol. The number of nitrogens with zero attached hydrogens (tertiary/aromatic N) is 1. The molecule has 2 unspecified atom stereocenters. The third-order valence-corrected chi connectivity index (χ3v) is 7.47. The van der Waals surface area contributed by atoms with Crippen LogP contribution in [0.4, 0.5) is 0 Å². The summed E-state index contributed by atoms with van der Waals surface area (Å²) in [5.74, 6) is 1.53. The van der Waals surface area contributed by atoms with E-state index in [4.69, 9.17) is 5.73 Å². The van der Waals surface area contributed by atoms with E-state index in [0.29, 0.717) is 24.4 Å². The molecule has 0 saturated heterocycles. The van der Waals surface area contributed by atoms with Crippen LogP contribution in [0.3, 0.4) is 0 Å². The highest BCUT2D eigenvalue weighted by atomic mass is 16.1. The molecular weight excluding hydrogens is 334 g/mol. The normalized spacial score (nSPS) is 31.2. The maximum atomic E-state index is 12.9. The minimum Gasteiger partial charge on any atom is -0.354 e. The molecule has 4 heteroatoms. The van der Waals surface area contributed by atoms with E-state index in [-0.39, 0.29) is 17.4 Å². The largest absolute Gasteiger partial charge is 0.354 e. The van der Waals surface area contributed by atoms with Gasteiger partial charge in [0.15, 0.2) is 0 Å². The monoisotopic (exact) mass is 369 g/mol. The van der Waals surface area contributed by atoms with Crippen molar-refractivity contribution in [3.8, 4) is 0 Å². The van der Waals surface area contributed by atoms with Crippen LogP contribution in [0.15, 0.2) is 24.3 Å². The summed E-state index contributed by atoms with van der Waals surface area (Å²) in [6.07, 6.45) is 6.78. The second-order valence-corrected chi connectivity index (χ2v) is 9.67. The van der Waals surface area contributed by atoms with Crippen LogP contribution >= 0.6 is 0 Å². The Morgan fingerprint density at radius 3 is 2.56 bits per heavy atom. The Balaban J connectivity index is 1.33. The molecule has 2 bridgehead atoms. The van der Waals surface area contributed by atoms with Gasteiger partial charge in [-0.1, -0.05) is 30.7 Å². The van der Waals surface area contributed by atoms with Gasteiger partial charge in [-0.25, -0.2) is 0 Å². The van der Waals surface area contributed by atoms with E-state index in [2.05, 4.69) is 48.3 Å². The maximum Gasteiger partial charge on any atom is 0.223 e. The quantitative estimate of drug-likeness (QED) is 0.857. The lowest BCUT2D eigenvalue weighted by Gasteiger charge is -2.44. The van der Waals surface area contributed by atoms with Crippen LogP contribution in [0.2, 0.25) is 0 Å². The topological polar surface area (TPSA) is 58.4 Å². The highest BCUT2D eigenvalue weighted by Crippen LogP contribution is 2.42. The average Bonchev–Trinajstić information content (AvgIpc) is 2.65. The Hall–Kier alpha value is -1.39. The van der Waals surface area contributed by atoms with E-state index in [9.17, 15) is 4.79 Å². The minimum atomic E-state index is -0.0376. The van der Waals surface area contributed by atoms with Gasteiger partial charge in [0.25, 0.3) is 0 Å². The summed E-state index contributed by atoms with van der Waals surface area (Å²) in [4.78, 5) is 15.4. The molecule has 4 rings (SSSR count). The first kappa shape index (κ1) is 18.9. The van der Waals surface area contributed by atoms with Crippen molar-refractivity contribution in [3.63, 3.8) is 0 Å². The number of hydrogen-bond donors (Lipinski definition) is 2. The molecule has 0 radical (unpaired) electrons. The summed E-state index contributed by atoms with van der Waals surface area (Å²) in [5, 5.41) is 3.30. The van der Waals surface area contributed by atoms with Crippen molar-refractivity contribution < 1.29 is 4.79 Å². The van der Waals surface area contributed by atoms with Gasteiger partial charge in [0.1, 0.15) is 0 Å². The molecule has 1 aliphatic heterocycles. The highest BCUT2D eigenvalue weighted by Gasteiger charge is 2.41. The van der Waals surface area contributed by atoms with E-state index in [1.54, 1.807) is 0 Å². The number of rotatable bonds is 4. The van der Waals surface area contributed by atoms with Crippen LogP contribution in [0, 0.1) is 17.8 Å². The number of fused-ring (bicyclic) bond motifs is 3. The van der Waals surface area contributed by atoms with Crippen LogP contribution in [-0.2, 0) is 17.8 Å². The third kappa shape index (κ3) is 3.93. The molecule has 2 aliphatic carbocycles. The summed E-state index contributed by atoms with van der Waals surface area (Å²) in [6, 6.07) is 9.06. The van der Waals surface area contributed by atoms with Crippen LogP contribution in [-0.4, -0.2) is 35.5 Å². The Bertz CT molecular complexity index is 672. The fraction of sp³-hybridized carbons (Fsp3) is 0.696. The van der Waals surface area contributed by atoms with Gasteiger partial charge in [0, 0.05) is 37.1 Å². The first-order valence-corrected chi connectivity index (χ1v) is 10.8. The second-order valence-electron chi connectivity index (χ2n) is 9.67. The Kier molecular flexibility index (Phi) is 5.30. The molecule has 4 nitrogen and oxygen atoms in total. The lowest BCUT2D eigenvalue weighted by Crippen LogP contribution is -2.55. The number of benzene rings is 1. The van der Waals surface area contributed by atoms with E-state index >= 15 is 0 Å². The van der Waals surface area contributed by atoms with Crippen LogP contribution in [0.25, 0.3) is 0 Å². The Morgan fingerprint density at radius 2 is 1.85 bits per heavy atom. The zero-order valence-electron chi connectivity index (χ0n) is 16.9. The number of carbonyl (C=O) groups is 1. The van der Waals surface area contributed by atoms with Crippen molar-refractivity contribution in [1.29, 1.82) is 0 Å². The van der Waals surface area contributed by atoms with E-state index in [1.807, 2.05) is 0 Å². The first-order chi connectivity index (χ1) is 12.9. The van der Waals surface area contributed by atoms with Crippen molar-refractivity contribution in [3.05, 3.63) is 35.4 Å². The molecule has 3 N–H and O–H groups in total. The van der Waals surface area contributed by atoms with Gasteiger partial charge in [-0.2, -0.15) is 0 Å². The van der Waals surface area contributed by atoms with Gasteiger partial charge >= 0.3 is 0 Å². The van der Waals surface area contributed by atoms with E-state index in [0.717, 1.165) is 32.4 Å². The summed E-state index contributed by atoms with van der Waals surface area (Å²) in [6.45, 7) is 7.26. The van der Waals surface area contributed by atoms with Crippen molar-refractivity contribution in [1.82, 2.24) is 10.2 Å². The number of hydrogen-bond acceptors (Lipinski definition) is 3. The Morgan fingerprint density at radius 1 is 1.19 bits per heavy atom. The second kappa shape index (κ2) is 7.56. The van der Waals surface area contributed by atoms with Crippen molar-refractivity contribution in [2.45, 2.75) is 70.5 Å². The smallest absolute Gasteiger partial charge is 0.223 e. The molecule has 2 fully saturated rings. The van der Waals surface area contributed by atoms with Crippen molar-refractivity contribution in [2.24, 2.45) is 23.5 Å². The number of carbonyl (C=O) groups excluding carboxylic acids is 1. The number of amides is 1. The molecule has 0 aromatic heterocycles. The molecule has 148 valence electrons. The van der Waals surface area contributed by atoms with E-state index in [1.165, 1.54) is 30.4 Å². The van der Waals surface area contributed by atoms with Gasteiger partial charge in [0.2, 0.25) is 5.91 Å². The number of nitrogens with one attached hydrogen (secondary N) is 1. The molecule has 1 aromatic rings. The number of nitrogens with two attached hydrogens (primary N) is 1. The summed E-state index contributed by atoms with van der Waals surface area (Å²) in [5.41, 5.74) is 9.25. The maximum absolute atomic E-state index is 12.9. The van der Waals surface area contributed by atoms with E-state index < -0.39 is 0 Å². The van der Waals surface area contributed by atoms with Crippen LogP contribution in [0.1, 0.15) is 57.1 Å². The van der Waals surface area contributed by atoms with Crippen molar-refractivity contribution >= 4 is 5.91 Å². The summed E-state index contributed by atoms with van der Waals surface area (Å²) >= 11 is 0. The van der Waals surface area contributed by atoms with Crippen LogP contribution < -0.4 is 11.1 Å². The lowest BCUT2D eigenvalue weighted by atomic mass is 9.65. The molecule has 2 saturated carbocycles. The highest BCUT2D eigenvalue weighted by molar-refractivity contribution is 5.79. The molecule has 1 amide bonds. The summed E-state index contributed by atoms with van der Waals surface area (Å²) in [7, 11) is 0. The molecule has 2 atom stereocenters. The van der Waals surface area contributed by atoms with Crippen molar-refractivity contribution in [2.75, 3.05) is 13.1 Å². The van der Waals surface area contributed by atoms with Crippen LogP contribution in [0.5, 0.6) is 0 Å². The molecule has 1 aromatic carbocycles. The van der Waals surface area contributed by atoms with Gasteiger partial charge in [-0.15, -0.1) is 0 Å². The molecular formula is C23H35N3O. The Labute approximate surface area is 163 Å². The standard InChI is InChI=1S/C23H35N3O/c1-23(2,26-11-10-16-6-3-4-7-19(16)14-26)15-25-22(27)20-12-17-8-5-9-18(13-20)21(17)24/h3-4,6-7,17-18,20-21H,5,8-15,24H2,1-2H3,(H,25,27). The van der Waals surface area contributed by atoms with Gasteiger partial charge in [-0.05, 0) is 68.9 Å². The van der Waals surface area contributed by atoms with Gasteiger partial charge < -0.3 is 11.1 Å². The average molecular weight is 370 g/mol. The molecule has 27 heavy (non-hydrogen) atoms. The summed E-state index contributed by atoms with van der Waals surface area (Å²) < 4.78 is 0. The van der Waals surface area contributed by atoms with Gasteiger partial charge in [0.05, 0.1) is 0 Å².